The van der Waals surface area contributed by atoms with Crippen LogP contribution in [0.1, 0.15) is 5.56 Å². The van der Waals surface area contributed by atoms with Gasteiger partial charge in [-0.25, -0.2) is 8.78 Å². The van der Waals surface area contributed by atoms with Gasteiger partial charge in [-0.05, 0) is 17.7 Å². The minimum absolute atomic E-state index is 0.327. The van der Waals surface area contributed by atoms with Gasteiger partial charge >= 0.3 is 0 Å². The average molecular weight is 128 g/mol. The van der Waals surface area contributed by atoms with Crippen LogP contribution in [0.25, 0.3) is 0 Å². The molecule has 0 nitrogen and oxygen atoms in total. The zero-order chi connectivity index (χ0) is 6.69. The third-order valence-corrected chi connectivity index (χ3v) is 1.07. The Balaban J connectivity index is 2.88. The molecule has 1 aromatic carbocycles. The first-order valence-corrected chi connectivity index (χ1v) is 2.63. The van der Waals surface area contributed by atoms with Crippen molar-refractivity contribution in [1.29, 1.82) is 0 Å². The van der Waals surface area contributed by atoms with E-state index in [9.17, 15) is 8.78 Å². The van der Waals surface area contributed by atoms with Crippen molar-refractivity contribution in [2.45, 2.75) is 6.67 Å². The summed E-state index contributed by atoms with van der Waals surface area (Å²) in [4.78, 5) is 0. The van der Waals surface area contributed by atoms with Gasteiger partial charge in [0, 0.05) is 0 Å². The van der Waals surface area contributed by atoms with Gasteiger partial charge < -0.3 is 0 Å². The largest absolute Gasteiger partial charge is 0.246 e. The van der Waals surface area contributed by atoms with Crippen LogP contribution in [0.3, 0.4) is 0 Å². The van der Waals surface area contributed by atoms with Crippen LogP contribution < -0.4 is 0 Å². The summed E-state index contributed by atoms with van der Waals surface area (Å²) in [7, 11) is 0. The maximum Gasteiger partial charge on any atom is 0.123 e. The summed E-state index contributed by atoms with van der Waals surface area (Å²) >= 11 is 0. The normalized spacial score (nSPS) is 9.56. The molecule has 0 N–H and O–H groups in total. The Morgan fingerprint density at radius 1 is 1.11 bits per heavy atom. The lowest BCUT2D eigenvalue weighted by molar-refractivity contribution is 0.484. The molecule has 0 heterocycles. The predicted molar refractivity (Wildman–Crippen MR) is 31.2 cm³/mol. The number of rotatable bonds is 1. The van der Waals surface area contributed by atoms with Gasteiger partial charge in [-0.2, -0.15) is 0 Å². The van der Waals surface area contributed by atoms with E-state index in [0.29, 0.717) is 5.56 Å². The smallest absolute Gasteiger partial charge is 0.123 e. The predicted octanol–water partition coefficient (Wildman–Crippen LogP) is 2.30. The topological polar surface area (TPSA) is 0 Å². The Bertz CT molecular complexity index is 179. The standard InChI is InChI=1S/C7H6F2/c8-5-6-1-3-7(9)4-2-6/h1-4H,5H2. The van der Waals surface area contributed by atoms with Crippen LogP contribution in [0.5, 0.6) is 0 Å². The van der Waals surface area contributed by atoms with Gasteiger partial charge in [-0.1, -0.05) is 12.1 Å². The molecule has 0 bridgehead atoms. The van der Waals surface area contributed by atoms with Gasteiger partial charge in [0.25, 0.3) is 0 Å². The van der Waals surface area contributed by atoms with E-state index in [1.807, 2.05) is 0 Å². The lowest BCUT2D eigenvalue weighted by atomic mass is 10.2. The Labute approximate surface area is 52.1 Å². The second-order valence-corrected chi connectivity index (χ2v) is 1.76. The SMILES string of the molecule is FCc1ccc(F)cc1. The number of hydrogen-bond acceptors (Lipinski definition) is 0. The Morgan fingerprint density at radius 2 is 1.67 bits per heavy atom. The summed E-state index contributed by atoms with van der Waals surface area (Å²) in [5.74, 6) is -0.327. The van der Waals surface area contributed by atoms with Crippen LogP contribution in [0, 0.1) is 5.82 Å². The fraction of sp³-hybridized carbons (Fsp3) is 0.143. The molecule has 0 radical (unpaired) electrons. The van der Waals surface area contributed by atoms with Crippen molar-refractivity contribution < 1.29 is 8.78 Å². The third-order valence-electron chi connectivity index (χ3n) is 1.07. The van der Waals surface area contributed by atoms with Gasteiger partial charge in [0.1, 0.15) is 12.5 Å². The van der Waals surface area contributed by atoms with Crippen molar-refractivity contribution in [3.63, 3.8) is 0 Å². The van der Waals surface area contributed by atoms with Gasteiger partial charge in [0.05, 0.1) is 0 Å². The molecular formula is C7H6F2. The molecule has 0 unspecified atom stereocenters. The van der Waals surface area contributed by atoms with Crippen LogP contribution in [0.4, 0.5) is 8.78 Å². The molecule has 0 saturated carbocycles. The number of benzene rings is 1. The van der Waals surface area contributed by atoms with E-state index in [0.717, 1.165) is 0 Å². The summed E-state index contributed by atoms with van der Waals surface area (Å²) in [6.45, 7) is -0.527. The molecule has 0 aliphatic rings. The monoisotopic (exact) mass is 128 g/mol. The molecule has 1 aromatic rings. The fourth-order valence-electron chi connectivity index (χ4n) is 0.573. The van der Waals surface area contributed by atoms with E-state index in [4.69, 9.17) is 0 Å². The fourth-order valence-corrected chi connectivity index (χ4v) is 0.573. The van der Waals surface area contributed by atoms with Crippen molar-refractivity contribution in [3.05, 3.63) is 35.6 Å². The zero-order valence-corrected chi connectivity index (χ0v) is 4.77. The van der Waals surface area contributed by atoms with Gasteiger partial charge in [0.2, 0.25) is 0 Å². The maximum atomic E-state index is 12.1. The summed E-state index contributed by atoms with van der Waals surface area (Å²) in [5.41, 5.74) is 0.511. The van der Waals surface area contributed by atoms with Crippen LogP contribution >= 0.6 is 0 Å². The molecule has 0 spiro atoms. The van der Waals surface area contributed by atoms with Crippen molar-refractivity contribution in [2.24, 2.45) is 0 Å². The highest BCUT2D eigenvalue weighted by atomic mass is 19.1. The first-order valence-electron chi connectivity index (χ1n) is 2.63. The second-order valence-electron chi connectivity index (χ2n) is 1.76. The first kappa shape index (κ1) is 6.20. The Morgan fingerprint density at radius 3 is 2.11 bits per heavy atom. The number of alkyl halides is 1. The van der Waals surface area contributed by atoms with Crippen LogP contribution in [0.2, 0.25) is 0 Å². The average Bonchev–Trinajstić information content (AvgIpc) is 1.90. The van der Waals surface area contributed by atoms with E-state index in [2.05, 4.69) is 0 Å². The van der Waals surface area contributed by atoms with Crippen LogP contribution in [-0.4, -0.2) is 0 Å². The lowest BCUT2D eigenvalue weighted by Gasteiger charge is -1.90. The van der Waals surface area contributed by atoms with E-state index in [-0.39, 0.29) is 5.82 Å². The third kappa shape index (κ3) is 1.49. The van der Waals surface area contributed by atoms with Crippen molar-refractivity contribution in [1.82, 2.24) is 0 Å². The highest BCUT2D eigenvalue weighted by molar-refractivity contribution is 5.14. The highest BCUT2D eigenvalue weighted by Crippen LogP contribution is 2.02. The Hall–Kier alpha value is -0.920. The molecule has 0 fully saturated rings. The summed E-state index contributed by atoms with van der Waals surface area (Å²) < 4.78 is 23.8. The quantitative estimate of drug-likeness (QED) is 0.544. The van der Waals surface area contributed by atoms with Crippen molar-refractivity contribution in [3.8, 4) is 0 Å². The summed E-state index contributed by atoms with van der Waals surface area (Å²) in [5, 5.41) is 0. The molecule has 9 heavy (non-hydrogen) atoms. The van der Waals surface area contributed by atoms with Gasteiger partial charge in [-0.15, -0.1) is 0 Å². The first-order chi connectivity index (χ1) is 4.33. The number of halogens is 2. The van der Waals surface area contributed by atoms with Crippen LogP contribution in [-0.2, 0) is 6.67 Å². The van der Waals surface area contributed by atoms with E-state index in [1.54, 1.807) is 0 Å². The molecule has 0 aromatic heterocycles. The number of hydrogen-bond donors (Lipinski definition) is 0. The molecule has 0 saturated heterocycles. The minimum Gasteiger partial charge on any atom is -0.246 e. The van der Waals surface area contributed by atoms with E-state index < -0.39 is 6.67 Å². The Kier molecular flexibility index (Phi) is 1.78. The minimum atomic E-state index is -0.527. The molecule has 0 aliphatic carbocycles. The molecule has 0 amide bonds. The molecule has 48 valence electrons. The highest BCUT2D eigenvalue weighted by Gasteiger charge is 1.89. The molecule has 1 rings (SSSR count). The maximum absolute atomic E-state index is 12.1. The van der Waals surface area contributed by atoms with Crippen molar-refractivity contribution >= 4 is 0 Å². The lowest BCUT2D eigenvalue weighted by Crippen LogP contribution is -1.77. The van der Waals surface area contributed by atoms with E-state index >= 15 is 0 Å². The molecule has 0 aliphatic heterocycles. The van der Waals surface area contributed by atoms with Gasteiger partial charge in [0.15, 0.2) is 0 Å². The summed E-state index contributed by atoms with van der Waals surface area (Å²) in [6, 6.07) is 5.34. The zero-order valence-electron chi connectivity index (χ0n) is 4.77. The molecule has 0 atom stereocenters. The molecular weight excluding hydrogens is 122 g/mol. The van der Waals surface area contributed by atoms with Gasteiger partial charge in [-0.3, -0.25) is 0 Å². The van der Waals surface area contributed by atoms with Crippen LogP contribution in [0.15, 0.2) is 24.3 Å². The van der Waals surface area contributed by atoms with Crippen molar-refractivity contribution in [2.75, 3.05) is 0 Å². The second kappa shape index (κ2) is 2.58. The molecule has 2 heteroatoms. The van der Waals surface area contributed by atoms with E-state index in [1.165, 1.54) is 24.3 Å². The summed E-state index contributed by atoms with van der Waals surface area (Å²) in [6.07, 6.45) is 0.